The van der Waals surface area contributed by atoms with Gasteiger partial charge in [0.1, 0.15) is 6.07 Å². The van der Waals surface area contributed by atoms with Crippen molar-refractivity contribution in [2.24, 2.45) is 0 Å². The fraction of sp³-hybridized carbons (Fsp3) is 0. The second-order valence-corrected chi connectivity index (χ2v) is 3.38. The highest BCUT2D eigenvalue weighted by Crippen LogP contribution is 2.19. The average molecular weight is 207 g/mol. The van der Waals surface area contributed by atoms with E-state index in [4.69, 9.17) is 5.26 Å². The molecule has 2 rings (SSSR count). The molecule has 0 aliphatic carbocycles. The van der Waals surface area contributed by atoms with E-state index in [1.54, 1.807) is 12.1 Å². The van der Waals surface area contributed by atoms with Gasteiger partial charge in [-0.2, -0.15) is 5.26 Å². The van der Waals surface area contributed by atoms with Crippen molar-refractivity contribution in [2.45, 2.75) is 0 Å². The summed E-state index contributed by atoms with van der Waals surface area (Å²) in [6.45, 7) is 0. The van der Waals surface area contributed by atoms with Crippen molar-refractivity contribution < 1.29 is 4.79 Å². The van der Waals surface area contributed by atoms with Gasteiger partial charge in [-0.05, 0) is 28.5 Å². The van der Waals surface area contributed by atoms with Crippen molar-refractivity contribution in [1.29, 1.82) is 5.26 Å². The number of hydrogen-bond donors (Lipinski definition) is 0. The number of rotatable bonds is 2. The van der Waals surface area contributed by atoms with Crippen LogP contribution in [0.4, 0.5) is 0 Å². The minimum Gasteiger partial charge on any atom is -0.278 e. The van der Waals surface area contributed by atoms with Gasteiger partial charge in [-0.3, -0.25) is 4.79 Å². The van der Waals surface area contributed by atoms with E-state index >= 15 is 0 Å². The zero-order valence-corrected chi connectivity index (χ0v) is 8.55. The molecule has 0 aliphatic heterocycles. The molecule has 0 bridgehead atoms. The molecule has 0 aromatic heterocycles. The van der Waals surface area contributed by atoms with Crippen molar-refractivity contribution in [3.05, 3.63) is 54.1 Å². The molecule has 0 saturated heterocycles. The first-order valence-electron chi connectivity index (χ1n) is 4.91. The van der Waals surface area contributed by atoms with Crippen LogP contribution < -0.4 is 0 Å². The SMILES string of the molecule is N#CC(=O)/C=C/c1cccc2ccccc12. The van der Waals surface area contributed by atoms with Gasteiger partial charge in [0.15, 0.2) is 0 Å². The van der Waals surface area contributed by atoms with E-state index in [2.05, 4.69) is 0 Å². The fourth-order valence-corrected chi connectivity index (χ4v) is 1.60. The van der Waals surface area contributed by atoms with Crippen LogP contribution in [0.2, 0.25) is 0 Å². The summed E-state index contributed by atoms with van der Waals surface area (Å²) in [6.07, 6.45) is 2.97. The van der Waals surface area contributed by atoms with Crippen molar-refractivity contribution >= 4 is 22.6 Å². The predicted molar refractivity (Wildman–Crippen MR) is 63.6 cm³/mol. The third kappa shape index (κ3) is 1.99. The Morgan fingerprint density at radius 2 is 1.88 bits per heavy atom. The Labute approximate surface area is 93.4 Å². The van der Waals surface area contributed by atoms with E-state index in [1.165, 1.54) is 6.08 Å². The first-order chi connectivity index (χ1) is 7.81. The number of fused-ring (bicyclic) bond motifs is 1. The minimum absolute atomic E-state index is 0.534. The molecule has 0 saturated carbocycles. The van der Waals surface area contributed by atoms with Gasteiger partial charge in [0.05, 0.1) is 0 Å². The first-order valence-corrected chi connectivity index (χ1v) is 4.91. The van der Waals surface area contributed by atoms with Crippen LogP contribution in [0.3, 0.4) is 0 Å². The van der Waals surface area contributed by atoms with Gasteiger partial charge in [0, 0.05) is 0 Å². The van der Waals surface area contributed by atoms with E-state index in [-0.39, 0.29) is 0 Å². The zero-order chi connectivity index (χ0) is 11.4. The summed E-state index contributed by atoms with van der Waals surface area (Å²) in [4.78, 5) is 10.9. The quantitative estimate of drug-likeness (QED) is 0.561. The molecule has 2 nitrogen and oxygen atoms in total. The summed E-state index contributed by atoms with van der Waals surface area (Å²) in [5.41, 5.74) is 0.946. The molecule has 0 aliphatic rings. The highest BCUT2D eigenvalue weighted by Gasteiger charge is 1.97. The lowest BCUT2D eigenvalue weighted by molar-refractivity contribution is -0.109. The number of allylic oxidation sites excluding steroid dienone is 1. The number of nitriles is 1. The summed E-state index contributed by atoms with van der Waals surface area (Å²) in [6, 6.07) is 15.3. The Hall–Kier alpha value is -2.40. The minimum atomic E-state index is -0.534. The van der Waals surface area contributed by atoms with Crippen molar-refractivity contribution in [3.8, 4) is 6.07 Å². The van der Waals surface area contributed by atoms with Gasteiger partial charge in [-0.15, -0.1) is 0 Å². The summed E-state index contributed by atoms with van der Waals surface area (Å²) < 4.78 is 0. The molecule has 0 fully saturated rings. The normalized spacial score (nSPS) is 10.4. The molecule has 0 atom stereocenters. The van der Waals surface area contributed by atoms with E-state index in [0.717, 1.165) is 16.3 Å². The Balaban J connectivity index is 2.50. The van der Waals surface area contributed by atoms with Crippen molar-refractivity contribution in [3.63, 3.8) is 0 Å². The number of carbonyl (C=O) groups excluding carboxylic acids is 1. The summed E-state index contributed by atoms with van der Waals surface area (Å²) >= 11 is 0. The monoisotopic (exact) mass is 207 g/mol. The molecule has 2 aromatic rings. The lowest BCUT2D eigenvalue weighted by atomic mass is 10.0. The van der Waals surface area contributed by atoms with Gasteiger partial charge in [0.25, 0.3) is 5.78 Å². The van der Waals surface area contributed by atoms with Crippen LogP contribution in [-0.4, -0.2) is 5.78 Å². The molecule has 0 amide bonds. The molecule has 0 unspecified atom stereocenters. The third-order valence-electron chi connectivity index (χ3n) is 2.35. The van der Waals surface area contributed by atoms with Crippen LogP contribution in [0, 0.1) is 11.3 Å². The van der Waals surface area contributed by atoms with E-state index in [9.17, 15) is 4.79 Å². The van der Waals surface area contributed by atoms with E-state index < -0.39 is 5.78 Å². The lowest BCUT2D eigenvalue weighted by Gasteiger charge is -2.00. The van der Waals surface area contributed by atoms with Gasteiger partial charge in [-0.25, -0.2) is 0 Å². The van der Waals surface area contributed by atoms with Crippen LogP contribution in [0.1, 0.15) is 5.56 Å². The number of hydrogen-bond acceptors (Lipinski definition) is 2. The highest BCUT2D eigenvalue weighted by molar-refractivity contribution is 6.06. The molecule has 16 heavy (non-hydrogen) atoms. The Kier molecular flexibility index (Phi) is 2.79. The maximum absolute atomic E-state index is 10.9. The summed E-state index contributed by atoms with van der Waals surface area (Å²) in [5, 5.41) is 10.6. The number of benzene rings is 2. The molecule has 2 heteroatoms. The summed E-state index contributed by atoms with van der Waals surface area (Å²) in [5.74, 6) is -0.534. The Morgan fingerprint density at radius 3 is 2.69 bits per heavy atom. The maximum atomic E-state index is 10.9. The second-order valence-electron chi connectivity index (χ2n) is 3.38. The molecule has 0 radical (unpaired) electrons. The van der Waals surface area contributed by atoms with Gasteiger partial charge < -0.3 is 0 Å². The highest BCUT2D eigenvalue weighted by atomic mass is 16.1. The Bertz CT molecular complexity index is 600. The molecule has 2 aromatic carbocycles. The lowest BCUT2D eigenvalue weighted by Crippen LogP contribution is -1.84. The van der Waals surface area contributed by atoms with Crippen molar-refractivity contribution in [1.82, 2.24) is 0 Å². The topological polar surface area (TPSA) is 40.9 Å². The summed E-state index contributed by atoms with van der Waals surface area (Å²) in [7, 11) is 0. The van der Waals surface area contributed by atoms with Gasteiger partial charge in [0.2, 0.25) is 0 Å². The number of carbonyl (C=O) groups is 1. The van der Waals surface area contributed by atoms with E-state index in [0.29, 0.717) is 0 Å². The zero-order valence-electron chi connectivity index (χ0n) is 8.55. The fourth-order valence-electron chi connectivity index (χ4n) is 1.60. The molecular formula is C14H9NO. The van der Waals surface area contributed by atoms with Gasteiger partial charge in [-0.1, -0.05) is 42.5 Å². The standard InChI is InChI=1S/C14H9NO/c15-10-13(16)9-8-12-6-3-5-11-4-1-2-7-14(11)12/h1-9H/b9-8+. The molecule has 0 heterocycles. The van der Waals surface area contributed by atoms with Crippen LogP contribution in [0.5, 0.6) is 0 Å². The Morgan fingerprint density at radius 1 is 1.12 bits per heavy atom. The molecule has 0 spiro atoms. The molecule has 0 N–H and O–H groups in total. The third-order valence-corrected chi connectivity index (χ3v) is 2.35. The van der Waals surface area contributed by atoms with Gasteiger partial charge >= 0.3 is 0 Å². The maximum Gasteiger partial charge on any atom is 0.255 e. The largest absolute Gasteiger partial charge is 0.278 e. The first kappa shape index (κ1) is 10.1. The van der Waals surface area contributed by atoms with Crippen LogP contribution in [0.15, 0.2) is 48.5 Å². The van der Waals surface area contributed by atoms with Crippen LogP contribution in [-0.2, 0) is 4.79 Å². The molecular weight excluding hydrogens is 198 g/mol. The number of ketones is 1. The van der Waals surface area contributed by atoms with Crippen LogP contribution in [0.25, 0.3) is 16.8 Å². The van der Waals surface area contributed by atoms with Crippen LogP contribution >= 0.6 is 0 Å². The predicted octanol–water partition coefficient (Wildman–Crippen LogP) is 2.95. The smallest absolute Gasteiger partial charge is 0.255 e. The average Bonchev–Trinajstić information content (AvgIpc) is 2.35. The second kappa shape index (κ2) is 4.41. The van der Waals surface area contributed by atoms with E-state index in [1.807, 2.05) is 42.5 Å². The molecule has 76 valence electrons. The van der Waals surface area contributed by atoms with Crippen molar-refractivity contribution in [2.75, 3.05) is 0 Å². The number of nitrogens with zero attached hydrogens (tertiary/aromatic N) is 1.